The lowest BCUT2D eigenvalue weighted by Crippen LogP contribution is -2.18. The van der Waals surface area contributed by atoms with E-state index in [1.54, 1.807) is 12.1 Å². The van der Waals surface area contributed by atoms with Crippen LogP contribution in [0.2, 0.25) is 5.02 Å². The molecular formula is C14H11Br2ClFN. The van der Waals surface area contributed by atoms with E-state index in [0.717, 1.165) is 15.6 Å². The summed E-state index contributed by atoms with van der Waals surface area (Å²) in [4.78, 5) is 0. The molecule has 0 aliphatic carbocycles. The molecule has 1 nitrogen and oxygen atoms in total. The van der Waals surface area contributed by atoms with Gasteiger partial charge in [-0.05, 0) is 58.4 Å². The van der Waals surface area contributed by atoms with Gasteiger partial charge in [-0.25, -0.2) is 4.39 Å². The van der Waals surface area contributed by atoms with E-state index in [4.69, 9.17) is 11.6 Å². The van der Waals surface area contributed by atoms with E-state index < -0.39 is 0 Å². The molecule has 1 atom stereocenters. The van der Waals surface area contributed by atoms with E-state index >= 15 is 0 Å². The molecule has 2 rings (SSSR count). The highest BCUT2D eigenvalue weighted by Crippen LogP contribution is 2.32. The summed E-state index contributed by atoms with van der Waals surface area (Å²) in [5.74, 6) is -0.270. The van der Waals surface area contributed by atoms with Crippen molar-refractivity contribution in [3.63, 3.8) is 0 Å². The molecule has 19 heavy (non-hydrogen) atoms. The fourth-order valence-corrected chi connectivity index (χ4v) is 3.24. The summed E-state index contributed by atoms with van der Waals surface area (Å²) < 4.78 is 14.7. The van der Waals surface area contributed by atoms with Crippen molar-refractivity contribution in [2.75, 3.05) is 7.05 Å². The molecule has 2 aromatic rings. The van der Waals surface area contributed by atoms with Crippen molar-refractivity contribution in [1.82, 2.24) is 5.32 Å². The van der Waals surface area contributed by atoms with Gasteiger partial charge in [0.1, 0.15) is 5.82 Å². The Bertz CT molecular complexity index is 604. The third-order valence-corrected chi connectivity index (χ3v) is 4.37. The van der Waals surface area contributed by atoms with Gasteiger partial charge >= 0.3 is 0 Å². The molecule has 0 radical (unpaired) electrons. The fourth-order valence-electron chi connectivity index (χ4n) is 1.93. The summed E-state index contributed by atoms with van der Waals surface area (Å²) in [5.41, 5.74) is 2.02. The average molecular weight is 408 g/mol. The molecule has 0 heterocycles. The molecule has 0 aliphatic rings. The molecule has 0 bridgehead atoms. The van der Waals surface area contributed by atoms with Crippen LogP contribution >= 0.6 is 43.5 Å². The van der Waals surface area contributed by atoms with Crippen molar-refractivity contribution in [2.24, 2.45) is 0 Å². The maximum absolute atomic E-state index is 13.3. The maximum Gasteiger partial charge on any atom is 0.137 e. The predicted octanol–water partition coefficient (Wildman–Crippen LogP) is 5.31. The first-order chi connectivity index (χ1) is 9.02. The van der Waals surface area contributed by atoms with Gasteiger partial charge in [-0.2, -0.15) is 0 Å². The summed E-state index contributed by atoms with van der Waals surface area (Å²) in [6.07, 6.45) is 0. The van der Waals surface area contributed by atoms with Crippen LogP contribution in [0, 0.1) is 5.82 Å². The van der Waals surface area contributed by atoms with Gasteiger partial charge in [0.05, 0.1) is 10.5 Å². The lowest BCUT2D eigenvalue weighted by atomic mass is 9.99. The van der Waals surface area contributed by atoms with Gasteiger partial charge in [-0.1, -0.05) is 39.7 Å². The van der Waals surface area contributed by atoms with Gasteiger partial charge in [0.15, 0.2) is 0 Å². The van der Waals surface area contributed by atoms with E-state index in [1.807, 2.05) is 25.2 Å². The van der Waals surface area contributed by atoms with E-state index in [-0.39, 0.29) is 11.9 Å². The monoisotopic (exact) mass is 405 g/mol. The molecule has 5 heteroatoms. The topological polar surface area (TPSA) is 12.0 Å². The first-order valence-electron chi connectivity index (χ1n) is 5.60. The summed E-state index contributed by atoms with van der Waals surface area (Å²) in [5, 5.41) is 3.90. The first kappa shape index (κ1) is 15.0. The second kappa shape index (κ2) is 6.35. The van der Waals surface area contributed by atoms with Crippen LogP contribution in [-0.2, 0) is 0 Å². The number of hydrogen-bond acceptors (Lipinski definition) is 1. The maximum atomic E-state index is 13.3. The average Bonchev–Trinajstić information content (AvgIpc) is 2.37. The van der Waals surface area contributed by atoms with Crippen LogP contribution in [0.3, 0.4) is 0 Å². The molecule has 0 amide bonds. The summed E-state index contributed by atoms with van der Waals surface area (Å²) in [6, 6.07) is 10.6. The predicted molar refractivity (Wildman–Crippen MR) is 84.2 cm³/mol. The zero-order valence-corrected chi connectivity index (χ0v) is 14.0. The van der Waals surface area contributed by atoms with Crippen LogP contribution < -0.4 is 5.32 Å². The van der Waals surface area contributed by atoms with Crippen molar-refractivity contribution in [1.29, 1.82) is 0 Å². The van der Waals surface area contributed by atoms with Gasteiger partial charge in [0.2, 0.25) is 0 Å². The molecule has 1 N–H and O–H groups in total. The van der Waals surface area contributed by atoms with E-state index in [9.17, 15) is 4.39 Å². The van der Waals surface area contributed by atoms with Gasteiger partial charge in [0, 0.05) is 9.50 Å². The third kappa shape index (κ3) is 3.37. The number of nitrogens with one attached hydrogen (secondary N) is 1. The van der Waals surface area contributed by atoms with Crippen LogP contribution in [0.5, 0.6) is 0 Å². The Hall–Kier alpha value is -0.420. The van der Waals surface area contributed by atoms with Crippen molar-refractivity contribution in [3.8, 4) is 0 Å². The third-order valence-electron chi connectivity index (χ3n) is 2.84. The van der Waals surface area contributed by atoms with Crippen molar-refractivity contribution >= 4 is 43.5 Å². The molecular weight excluding hydrogens is 396 g/mol. The molecule has 0 fully saturated rings. The van der Waals surface area contributed by atoms with Crippen LogP contribution in [-0.4, -0.2) is 7.05 Å². The van der Waals surface area contributed by atoms with Crippen LogP contribution in [0.25, 0.3) is 0 Å². The molecule has 0 spiro atoms. The largest absolute Gasteiger partial charge is 0.309 e. The normalized spacial score (nSPS) is 12.5. The SMILES string of the molecule is CNC(c1ccc(F)c(Br)c1)c1ccc(Cl)cc1Br. The fraction of sp³-hybridized carbons (Fsp3) is 0.143. The van der Waals surface area contributed by atoms with Crippen molar-refractivity contribution in [3.05, 3.63) is 67.3 Å². The highest BCUT2D eigenvalue weighted by atomic mass is 79.9. The lowest BCUT2D eigenvalue weighted by Gasteiger charge is -2.19. The Morgan fingerprint density at radius 2 is 1.84 bits per heavy atom. The quantitative estimate of drug-likeness (QED) is 0.727. The smallest absolute Gasteiger partial charge is 0.137 e. The van der Waals surface area contributed by atoms with Crippen LogP contribution in [0.1, 0.15) is 17.2 Å². The zero-order valence-electron chi connectivity index (χ0n) is 10.1. The van der Waals surface area contributed by atoms with Gasteiger partial charge in [-0.15, -0.1) is 0 Å². The molecule has 0 saturated carbocycles. The Kier molecular flexibility index (Phi) is 5.01. The molecule has 1 unspecified atom stereocenters. The van der Waals surface area contributed by atoms with Gasteiger partial charge in [0.25, 0.3) is 0 Å². The first-order valence-corrected chi connectivity index (χ1v) is 7.56. The van der Waals surface area contributed by atoms with Gasteiger partial charge < -0.3 is 5.32 Å². The summed E-state index contributed by atoms with van der Waals surface area (Å²) in [7, 11) is 1.86. The number of rotatable bonds is 3. The lowest BCUT2D eigenvalue weighted by molar-refractivity contribution is 0.616. The standard InChI is InChI=1S/C14H11Br2ClFN/c1-19-14(8-2-5-13(18)12(16)6-8)10-4-3-9(17)7-11(10)15/h2-7,14,19H,1H3. The van der Waals surface area contributed by atoms with E-state index in [2.05, 4.69) is 37.2 Å². The minimum absolute atomic E-state index is 0.0384. The van der Waals surface area contributed by atoms with E-state index in [1.165, 1.54) is 6.07 Å². The van der Waals surface area contributed by atoms with Crippen molar-refractivity contribution in [2.45, 2.75) is 6.04 Å². The summed E-state index contributed by atoms with van der Waals surface area (Å²) in [6.45, 7) is 0. The van der Waals surface area contributed by atoms with Gasteiger partial charge in [-0.3, -0.25) is 0 Å². The zero-order chi connectivity index (χ0) is 14.0. The minimum atomic E-state index is -0.270. The molecule has 0 aromatic heterocycles. The van der Waals surface area contributed by atoms with Crippen molar-refractivity contribution < 1.29 is 4.39 Å². The highest BCUT2D eigenvalue weighted by molar-refractivity contribution is 9.10. The highest BCUT2D eigenvalue weighted by Gasteiger charge is 2.16. The molecule has 100 valence electrons. The Morgan fingerprint density at radius 3 is 2.42 bits per heavy atom. The molecule has 0 aliphatic heterocycles. The summed E-state index contributed by atoms with van der Waals surface area (Å²) >= 11 is 12.7. The number of benzene rings is 2. The minimum Gasteiger partial charge on any atom is -0.309 e. The number of halogens is 4. The molecule has 2 aromatic carbocycles. The second-order valence-corrected chi connectivity index (χ2v) is 6.21. The van der Waals surface area contributed by atoms with Crippen LogP contribution in [0.15, 0.2) is 45.3 Å². The Morgan fingerprint density at radius 1 is 1.11 bits per heavy atom. The second-order valence-electron chi connectivity index (χ2n) is 4.06. The van der Waals surface area contributed by atoms with Crippen LogP contribution in [0.4, 0.5) is 4.39 Å². The number of hydrogen-bond donors (Lipinski definition) is 1. The molecule has 0 saturated heterocycles. The Balaban J connectivity index is 2.46. The van der Waals surface area contributed by atoms with E-state index in [0.29, 0.717) is 9.50 Å². The Labute approximate surface area is 133 Å².